The molecule has 0 aliphatic carbocycles. The summed E-state index contributed by atoms with van der Waals surface area (Å²) in [4.78, 5) is 25.4. The van der Waals surface area contributed by atoms with Crippen molar-refractivity contribution < 1.29 is 14.7 Å². The largest absolute Gasteiger partial charge is 0.854 e. The first-order valence-corrected chi connectivity index (χ1v) is 7.88. The van der Waals surface area contributed by atoms with Crippen molar-refractivity contribution in [1.82, 2.24) is 0 Å². The number of rotatable bonds is 0. The van der Waals surface area contributed by atoms with E-state index in [1.54, 1.807) is 0 Å². The molecule has 0 heterocycles. The van der Waals surface area contributed by atoms with Crippen LogP contribution in [0.1, 0.15) is 0 Å². The molecule has 4 aromatic rings. The van der Waals surface area contributed by atoms with Crippen LogP contribution in [0, 0.1) is 0 Å². The van der Waals surface area contributed by atoms with Gasteiger partial charge in [0.1, 0.15) is 0 Å². The van der Waals surface area contributed by atoms with Gasteiger partial charge in [0.25, 0.3) is 0 Å². The summed E-state index contributed by atoms with van der Waals surface area (Å²) in [7, 11) is -3.37. The van der Waals surface area contributed by atoms with Crippen LogP contribution in [0.25, 0.3) is 32.3 Å². The van der Waals surface area contributed by atoms with Crippen molar-refractivity contribution in [3.63, 3.8) is 0 Å². The molecule has 4 rings (SSSR count). The quantitative estimate of drug-likeness (QED) is 0.370. The summed E-state index contributed by atoms with van der Waals surface area (Å²) in [6.07, 6.45) is 0. The van der Waals surface area contributed by atoms with E-state index in [1.807, 2.05) is 0 Å². The van der Waals surface area contributed by atoms with Crippen molar-refractivity contribution in [2.75, 3.05) is 0 Å². The first kappa shape index (κ1) is 14.9. The second-order valence-corrected chi connectivity index (χ2v) is 5.31. The van der Waals surface area contributed by atoms with Crippen molar-refractivity contribution in [2.24, 2.45) is 0 Å². The molecule has 3 nitrogen and oxygen atoms in total. The lowest BCUT2D eigenvalue weighted by Gasteiger charge is -2.39. The fourth-order valence-corrected chi connectivity index (χ4v) is 2.86. The van der Waals surface area contributed by atoms with Crippen molar-refractivity contribution in [3.05, 3.63) is 72.8 Å². The van der Waals surface area contributed by atoms with Crippen LogP contribution in [0.3, 0.4) is 0 Å². The molecule has 4 heteroatoms. The van der Waals surface area contributed by atoms with E-state index in [0.717, 1.165) is 0 Å². The molecule has 0 amide bonds. The zero-order valence-corrected chi connectivity index (χ0v) is 12.5. The van der Waals surface area contributed by atoms with Gasteiger partial charge in [-0.2, -0.15) is 0 Å². The lowest BCUT2D eigenvalue weighted by molar-refractivity contribution is -0.407. The molecule has 0 aromatic heterocycles. The van der Waals surface area contributed by atoms with E-state index in [9.17, 15) is 0 Å². The Morgan fingerprint density at radius 2 is 0.545 bits per heavy atom. The molecule has 0 aliphatic heterocycles. The number of fused-ring (bicyclic) bond motifs is 6. The SMILES string of the molecule is [O-]P([O-])[O-].c1ccc2c(c1)c1ccccc1c1ccccc21. The highest BCUT2D eigenvalue weighted by atomic mass is 31.2. The van der Waals surface area contributed by atoms with Gasteiger partial charge < -0.3 is 23.3 Å². The third kappa shape index (κ3) is 2.80. The van der Waals surface area contributed by atoms with Gasteiger partial charge in [-0.05, 0) is 32.3 Å². The van der Waals surface area contributed by atoms with Crippen LogP contribution >= 0.6 is 8.60 Å². The maximum atomic E-state index is 8.48. The van der Waals surface area contributed by atoms with E-state index in [2.05, 4.69) is 72.8 Å². The summed E-state index contributed by atoms with van der Waals surface area (Å²) in [5.41, 5.74) is 0. The highest BCUT2D eigenvalue weighted by Crippen LogP contribution is 2.34. The summed E-state index contributed by atoms with van der Waals surface area (Å²) in [5, 5.41) is 8.04. The highest BCUT2D eigenvalue weighted by Gasteiger charge is 2.06. The topological polar surface area (TPSA) is 69.2 Å². The smallest absolute Gasteiger partial charge is 0.00990 e. The predicted octanol–water partition coefficient (Wildman–Crippen LogP) is 2.44. The Kier molecular flexibility index (Phi) is 4.32. The molecule has 22 heavy (non-hydrogen) atoms. The average Bonchev–Trinajstić information content (AvgIpc) is 2.55. The third-order valence-electron chi connectivity index (χ3n) is 3.65. The Morgan fingerprint density at radius 3 is 0.682 bits per heavy atom. The Labute approximate surface area is 129 Å². The number of hydrogen-bond donors (Lipinski definition) is 0. The monoisotopic (exact) mass is 307 g/mol. The van der Waals surface area contributed by atoms with Crippen LogP contribution in [0.15, 0.2) is 72.8 Å². The van der Waals surface area contributed by atoms with Crippen LogP contribution < -0.4 is 14.7 Å². The maximum absolute atomic E-state index is 8.48. The van der Waals surface area contributed by atoms with Gasteiger partial charge in [0, 0.05) is 0 Å². The lowest BCUT2D eigenvalue weighted by atomic mass is 9.95. The molecule has 110 valence electrons. The summed E-state index contributed by atoms with van der Waals surface area (Å²) in [5.74, 6) is 0. The van der Waals surface area contributed by atoms with Crippen LogP contribution in [0.5, 0.6) is 0 Å². The first-order valence-electron chi connectivity index (χ1n) is 6.78. The van der Waals surface area contributed by atoms with E-state index in [0.29, 0.717) is 0 Å². The molecule has 0 fully saturated rings. The molecule has 0 saturated heterocycles. The molecule has 0 saturated carbocycles. The number of benzene rings is 4. The molecular formula is C18H12O3P-3. The zero-order chi connectivity index (χ0) is 15.5. The van der Waals surface area contributed by atoms with Gasteiger partial charge in [0.2, 0.25) is 0 Å². The van der Waals surface area contributed by atoms with E-state index in [-0.39, 0.29) is 0 Å². The van der Waals surface area contributed by atoms with Crippen LogP contribution in [0.4, 0.5) is 0 Å². The molecule has 0 radical (unpaired) electrons. The molecule has 0 unspecified atom stereocenters. The molecule has 0 atom stereocenters. The van der Waals surface area contributed by atoms with Gasteiger partial charge in [-0.3, -0.25) is 0 Å². The molecule has 0 aliphatic rings. The van der Waals surface area contributed by atoms with Gasteiger partial charge in [-0.1, -0.05) is 72.8 Å². The summed E-state index contributed by atoms with van der Waals surface area (Å²) in [6, 6.07) is 26.0. The van der Waals surface area contributed by atoms with E-state index in [1.165, 1.54) is 32.3 Å². The second kappa shape index (κ2) is 6.39. The highest BCUT2D eigenvalue weighted by molar-refractivity contribution is 7.33. The van der Waals surface area contributed by atoms with Crippen molar-refractivity contribution >= 4 is 40.9 Å². The second-order valence-electron chi connectivity index (χ2n) is 4.86. The van der Waals surface area contributed by atoms with Crippen molar-refractivity contribution in [1.29, 1.82) is 0 Å². The summed E-state index contributed by atoms with van der Waals surface area (Å²) >= 11 is 0. The van der Waals surface area contributed by atoms with Crippen molar-refractivity contribution in [2.45, 2.75) is 0 Å². The number of hydrogen-bond acceptors (Lipinski definition) is 3. The van der Waals surface area contributed by atoms with Crippen LogP contribution in [-0.4, -0.2) is 0 Å². The minimum absolute atomic E-state index is 1.34. The first-order chi connectivity index (χ1) is 10.7. The predicted molar refractivity (Wildman–Crippen MR) is 85.9 cm³/mol. The Morgan fingerprint density at radius 1 is 0.409 bits per heavy atom. The van der Waals surface area contributed by atoms with Gasteiger partial charge in [-0.25, -0.2) is 0 Å². The molecule has 0 spiro atoms. The van der Waals surface area contributed by atoms with Gasteiger partial charge >= 0.3 is 0 Å². The van der Waals surface area contributed by atoms with Crippen LogP contribution in [-0.2, 0) is 0 Å². The minimum Gasteiger partial charge on any atom is -0.854 e. The Balaban J connectivity index is 0.000000325. The molecule has 0 N–H and O–H groups in total. The van der Waals surface area contributed by atoms with Gasteiger partial charge in [-0.15, -0.1) is 0 Å². The van der Waals surface area contributed by atoms with E-state index in [4.69, 9.17) is 14.7 Å². The van der Waals surface area contributed by atoms with Gasteiger partial charge in [0.05, 0.1) is 0 Å². The molecular weight excluding hydrogens is 295 g/mol. The Hall–Kier alpha value is -2.03. The fraction of sp³-hybridized carbons (Fsp3) is 0. The standard InChI is InChI=1S/C18H12.O3P/c1-2-8-14-13(7-1)15-9-3-4-11-17(15)18-12-6-5-10-16(14)18;1-4(2)3/h1-12H;/q;-3. The van der Waals surface area contributed by atoms with E-state index >= 15 is 0 Å². The molecule has 4 aromatic carbocycles. The lowest BCUT2D eigenvalue weighted by Crippen LogP contribution is -2.18. The summed E-state index contributed by atoms with van der Waals surface area (Å²) in [6.45, 7) is 0. The summed E-state index contributed by atoms with van der Waals surface area (Å²) < 4.78 is 0. The van der Waals surface area contributed by atoms with E-state index < -0.39 is 8.60 Å². The Bertz CT molecular complexity index is 711. The molecule has 0 bridgehead atoms. The minimum atomic E-state index is -3.37. The van der Waals surface area contributed by atoms with Crippen LogP contribution in [0.2, 0.25) is 0 Å². The fourth-order valence-electron chi connectivity index (χ4n) is 2.86. The zero-order valence-electron chi connectivity index (χ0n) is 11.6. The van der Waals surface area contributed by atoms with Gasteiger partial charge in [0.15, 0.2) is 0 Å². The third-order valence-corrected chi connectivity index (χ3v) is 3.65. The van der Waals surface area contributed by atoms with Crippen molar-refractivity contribution in [3.8, 4) is 0 Å². The maximum Gasteiger partial charge on any atom is -0.00990 e. The average molecular weight is 307 g/mol. The normalized spacial score (nSPS) is 10.9.